The van der Waals surface area contributed by atoms with Crippen molar-refractivity contribution in [3.8, 4) is 17.0 Å². The maximum Gasteiger partial charge on any atom is 0.262 e. The van der Waals surface area contributed by atoms with Crippen LogP contribution in [0, 0.1) is 0 Å². The van der Waals surface area contributed by atoms with E-state index >= 15 is 0 Å². The maximum atomic E-state index is 12.2. The van der Waals surface area contributed by atoms with Crippen molar-refractivity contribution < 1.29 is 5.11 Å². The predicted molar refractivity (Wildman–Crippen MR) is 81.4 cm³/mol. The van der Waals surface area contributed by atoms with E-state index in [1.807, 2.05) is 0 Å². The summed E-state index contributed by atoms with van der Waals surface area (Å²) in [6.45, 7) is 0. The first kappa shape index (κ1) is 13.5. The highest BCUT2D eigenvalue weighted by molar-refractivity contribution is 7.99. The topological polar surface area (TPSA) is 66.0 Å². The van der Waals surface area contributed by atoms with Gasteiger partial charge < -0.3 is 10.1 Å². The third-order valence-electron chi connectivity index (χ3n) is 3.29. The molecule has 2 heterocycles. The summed E-state index contributed by atoms with van der Waals surface area (Å²) in [7, 11) is 0. The molecule has 0 aliphatic carbocycles. The number of aromatic nitrogens is 2. The number of H-pyrrole nitrogens is 1. The van der Waals surface area contributed by atoms with Gasteiger partial charge >= 0.3 is 0 Å². The number of aromatic amines is 1. The van der Waals surface area contributed by atoms with Gasteiger partial charge in [-0.1, -0.05) is 23.7 Å². The molecule has 0 spiro atoms. The molecule has 3 rings (SSSR count). The van der Waals surface area contributed by atoms with Crippen molar-refractivity contribution in [1.82, 2.24) is 9.97 Å². The van der Waals surface area contributed by atoms with Gasteiger partial charge in [0.05, 0.1) is 5.25 Å². The zero-order valence-electron chi connectivity index (χ0n) is 10.6. The molecular formula is C14H13ClN2O2S. The second-order valence-corrected chi connectivity index (χ2v) is 6.41. The fourth-order valence-corrected chi connectivity index (χ4v) is 3.65. The molecule has 1 saturated heterocycles. The van der Waals surface area contributed by atoms with E-state index in [9.17, 15) is 9.90 Å². The van der Waals surface area contributed by atoms with Gasteiger partial charge in [-0.05, 0) is 36.3 Å². The van der Waals surface area contributed by atoms with Crippen LogP contribution < -0.4 is 5.56 Å². The molecule has 1 aromatic carbocycles. The molecule has 4 nitrogen and oxygen atoms in total. The number of nitrogens with zero attached hydrogens (tertiary/aromatic N) is 1. The molecule has 104 valence electrons. The van der Waals surface area contributed by atoms with E-state index in [1.165, 1.54) is 0 Å². The van der Waals surface area contributed by atoms with Gasteiger partial charge in [-0.15, -0.1) is 0 Å². The van der Waals surface area contributed by atoms with Crippen molar-refractivity contribution in [2.45, 2.75) is 18.1 Å². The van der Waals surface area contributed by atoms with Gasteiger partial charge in [0, 0.05) is 5.02 Å². The lowest BCUT2D eigenvalue weighted by molar-refractivity contribution is 0.449. The highest BCUT2D eigenvalue weighted by atomic mass is 35.5. The Balaban J connectivity index is 2.04. The van der Waals surface area contributed by atoms with Crippen LogP contribution in [0.2, 0.25) is 5.02 Å². The van der Waals surface area contributed by atoms with E-state index in [0.717, 1.165) is 18.6 Å². The molecule has 2 N–H and O–H groups in total. The van der Waals surface area contributed by atoms with Crippen LogP contribution in [0.5, 0.6) is 5.88 Å². The number of halogens is 1. The van der Waals surface area contributed by atoms with Crippen molar-refractivity contribution >= 4 is 23.4 Å². The average Bonchev–Trinajstić information content (AvgIpc) is 2.94. The summed E-state index contributed by atoms with van der Waals surface area (Å²) in [5, 5.41) is 10.8. The minimum absolute atomic E-state index is 0.174. The molecule has 0 bridgehead atoms. The van der Waals surface area contributed by atoms with Crippen molar-refractivity contribution in [3.05, 3.63) is 45.5 Å². The third-order valence-corrected chi connectivity index (χ3v) is 4.92. The molecular weight excluding hydrogens is 296 g/mol. The first-order valence-electron chi connectivity index (χ1n) is 6.36. The fourth-order valence-electron chi connectivity index (χ4n) is 2.30. The summed E-state index contributed by atoms with van der Waals surface area (Å²) in [5.41, 5.74) is 0.474. The zero-order valence-corrected chi connectivity index (χ0v) is 12.2. The van der Waals surface area contributed by atoms with E-state index in [1.54, 1.807) is 36.0 Å². The van der Waals surface area contributed by atoms with E-state index in [4.69, 9.17) is 11.6 Å². The Labute approximate surface area is 125 Å². The maximum absolute atomic E-state index is 12.2. The fraction of sp³-hybridized carbons (Fsp3) is 0.286. The Morgan fingerprint density at radius 2 is 2.10 bits per heavy atom. The van der Waals surface area contributed by atoms with Crippen LogP contribution in [0.4, 0.5) is 0 Å². The van der Waals surface area contributed by atoms with Gasteiger partial charge in [-0.3, -0.25) is 4.79 Å². The zero-order chi connectivity index (χ0) is 14.1. The number of rotatable bonds is 2. The molecule has 6 heteroatoms. The molecule has 0 radical (unpaired) electrons. The van der Waals surface area contributed by atoms with Crippen molar-refractivity contribution in [2.75, 3.05) is 5.75 Å². The van der Waals surface area contributed by atoms with E-state index in [2.05, 4.69) is 9.97 Å². The van der Waals surface area contributed by atoms with Crippen LogP contribution in [0.1, 0.15) is 23.9 Å². The van der Waals surface area contributed by atoms with Crippen LogP contribution in [-0.2, 0) is 0 Å². The minimum atomic E-state index is -0.317. The summed E-state index contributed by atoms with van der Waals surface area (Å²) in [6, 6.07) is 6.74. The predicted octanol–water partition coefficient (Wildman–Crippen LogP) is 3.36. The number of nitrogens with one attached hydrogen (secondary N) is 1. The molecule has 1 aliphatic rings. The Morgan fingerprint density at radius 3 is 2.70 bits per heavy atom. The average molecular weight is 309 g/mol. The molecule has 20 heavy (non-hydrogen) atoms. The minimum Gasteiger partial charge on any atom is -0.493 e. The van der Waals surface area contributed by atoms with Crippen LogP contribution in [-0.4, -0.2) is 20.8 Å². The molecule has 1 aromatic heterocycles. The number of hydrogen-bond acceptors (Lipinski definition) is 4. The molecule has 1 unspecified atom stereocenters. The molecule has 0 saturated carbocycles. The van der Waals surface area contributed by atoms with Crippen molar-refractivity contribution in [1.29, 1.82) is 0 Å². The normalized spacial score (nSPS) is 18.4. The molecule has 1 aliphatic heterocycles. The lowest BCUT2D eigenvalue weighted by Gasteiger charge is -2.10. The second kappa shape index (κ2) is 5.50. The number of hydrogen-bond donors (Lipinski definition) is 2. The van der Waals surface area contributed by atoms with Crippen LogP contribution >= 0.6 is 23.4 Å². The van der Waals surface area contributed by atoms with Gasteiger partial charge in [-0.2, -0.15) is 16.7 Å². The Hall–Kier alpha value is -1.46. The van der Waals surface area contributed by atoms with Crippen LogP contribution in [0.3, 0.4) is 0 Å². The number of benzene rings is 1. The number of aromatic hydroxyl groups is 1. The smallest absolute Gasteiger partial charge is 0.262 e. The summed E-state index contributed by atoms with van der Waals surface area (Å²) < 4.78 is 0. The monoisotopic (exact) mass is 308 g/mol. The SMILES string of the molecule is O=c1[nH]c(C2CCCS2)nc(O)c1-c1ccc(Cl)cc1. The summed E-state index contributed by atoms with van der Waals surface area (Å²) in [6.07, 6.45) is 2.09. The lowest BCUT2D eigenvalue weighted by Crippen LogP contribution is -2.15. The molecule has 1 atom stereocenters. The van der Waals surface area contributed by atoms with Crippen molar-refractivity contribution in [2.24, 2.45) is 0 Å². The summed E-state index contributed by atoms with van der Waals surface area (Å²) >= 11 is 7.58. The lowest BCUT2D eigenvalue weighted by atomic mass is 10.1. The molecule has 1 fully saturated rings. The van der Waals surface area contributed by atoms with Gasteiger partial charge in [0.15, 0.2) is 0 Å². The largest absolute Gasteiger partial charge is 0.493 e. The first-order valence-corrected chi connectivity index (χ1v) is 7.78. The van der Waals surface area contributed by atoms with Gasteiger partial charge in [0.1, 0.15) is 11.4 Å². The highest BCUT2D eigenvalue weighted by Gasteiger charge is 2.22. The van der Waals surface area contributed by atoms with Gasteiger partial charge in [0.2, 0.25) is 5.88 Å². The van der Waals surface area contributed by atoms with Crippen LogP contribution in [0.25, 0.3) is 11.1 Å². The number of thioether (sulfide) groups is 1. The Morgan fingerprint density at radius 1 is 1.35 bits per heavy atom. The highest BCUT2D eigenvalue weighted by Crippen LogP contribution is 2.38. The van der Waals surface area contributed by atoms with E-state index in [0.29, 0.717) is 16.4 Å². The second-order valence-electron chi connectivity index (χ2n) is 4.66. The Kier molecular flexibility index (Phi) is 3.72. The molecule has 2 aromatic rings. The first-order chi connectivity index (χ1) is 9.65. The van der Waals surface area contributed by atoms with Gasteiger partial charge in [-0.25, -0.2) is 0 Å². The van der Waals surface area contributed by atoms with Gasteiger partial charge in [0.25, 0.3) is 5.56 Å². The summed E-state index contributed by atoms with van der Waals surface area (Å²) in [4.78, 5) is 19.2. The quantitative estimate of drug-likeness (QED) is 0.892. The van der Waals surface area contributed by atoms with E-state index in [-0.39, 0.29) is 22.3 Å². The van der Waals surface area contributed by atoms with Crippen molar-refractivity contribution in [3.63, 3.8) is 0 Å². The molecule has 0 amide bonds. The Bertz CT molecular complexity index is 679. The summed E-state index contributed by atoms with van der Waals surface area (Å²) in [5.74, 6) is 1.40. The third kappa shape index (κ3) is 2.55. The van der Waals surface area contributed by atoms with E-state index < -0.39 is 0 Å². The van der Waals surface area contributed by atoms with Crippen LogP contribution in [0.15, 0.2) is 29.1 Å². The standard InChI is InChI=1S/C14H13ClN2O2S/c15-9-5-3-8(4-6-9)11-13(18)16-12(17-14(11)19)10-2-1-7-20-10/h3-6,10H,1-2,7H2,(H2,16,17,18,19).